The SMILES string of the molecule is COc1ccc2c(c1)c(CC(=O)N1C(C(=O)NCc3cccc(Cl)c3F)CC3CC31)cn2C(N)=O. The number of hydrogen-bond acceptors (Lipinski definition) is 4. The highest BCUT2D eigenvalue weighted by Crippen LogP contribution is 2.48. The van der Waals surface area contributed by atoms with Gasteiger partial charge in [-0.3, -0.25) is 14.2 Å². The molecular weight excluding hydrogens is 475 g/mol. The summed E-state index contributed by atoms with van der Waals surface area (Å²) >= 11 is 5.83. The number of nitrogens with one attached hydrogen (secondary N) is 1. The van der Waals surface area contributed by atoms with E-state index in [1.54, 1.807) is 41.4 Å². The molecule has 3 atom stereocenters. The number of nitrogens with zero attached hydrogens (tertiary/aromatic N) is 2. The van der Waals surface area contributed by atoms with Crippen molar-refractivity contribution in [2.75, 3.05) is 7.11 Å². The first-order valence-electron chi connectivity index (χ1n) is 11.3. The van der Waals surface area contributed by atoms with Crippen LogP contribution in [0.2, 0.25) is 5.02 Å². The summed E-state index contributed by atoms with van der Waals surface area (Å²) in [6.45, 7) is -0.0228. The second kappa shape index (κ2) is 8.88. The average molecular weight is 499 g/mol. The number of hydrogen-bond donors (Lipinski definition) is 2. The van der Waals surface area contributed by atoms with Crippen LogP contribution in [0.1, 0.15) is 24.0 Å². The predicted octanol–water partition coefficient (Wildman–Crippen LogP) is 3.22. The third-order valence-corrected chi connectivity index (χ3v) is 7.14. The van der Waals surface area contributed by atoms with Gasteiger partial charge in [-0.15, -0.1) is 0 Å². The molecule has 182 valence electrons. The molecule has 2 aromatic carbocycles. The predicted molar refractivity (Wildman–Crippen MR) is 128 cm³/mol. The Kier molecular flexibility index (Phi) is 5.88. The minimum atomic E-state index is -0.659. The van der Waals surface area contributed by atoms with Gasteiger partial charge in [-0.1, -0.05) is 23.7 Å². The first kappa shape index (κ1) is 23.2. The van der Waals surface area contributed by atoms with Crippen LogP contribution in [-0.4, -0.2) is 46.5 Å². The molecule has 0 spiro atoms. The van der Waals surface area contributed by atoms with Crippen molar-refractivity contribution in [2.45, 2.75) is 37.9 Å². The lowest BCUT2D eigenvalue weighted by Gasteiger charge is -2.27. The van der Waals surface area contributed by atoms with Crippen molar-refractivity contribution in [3.63, 3.8) is 0 Å². The third kappa shape index (κ3) is 4.20. The molecule has 8 nitrogen and oxygen atoms in total. The number of methoxy groups -OCH3 is 1. The zero-order valence-electron chi connectivity index (χ0n) is 19.0. The lowest BCUT2D eigenvalue weighted by Crippen LogP contribution is -2.48. The fraction of sp³-hybridized carbons (Fsp3) is 0.320. The van der Waals surface area contributed by atoms with Crippen LogP contribution in [0.25, 0.3) is 10.9 Å². The Balaban J connectivity index is 1.35. The number of ether oxygens (including phenoxy) is 1. The van der Waals surface area contributed by atoms with Crippen LogP contribution < -0.4 is 15.8 Å². The number of benzene rings is 2. The van der Waals surface area contributed by atoms with E-state index >= 15 is 0 Å². The second-order valence-corrected chi connectivity index (χ2v) is 9.38. The lowest BCUT2D eigenvalue weighted by molar-refractivity contribution is -0.139. The molecule has 3 aromatic rings. The monoisotopic (exact) mass is 498 g/mol. The molecule has 2 aliphatic rings. The van der Waals surface area contributed by atoms with Crippen LogP contribution in [0.3, 0.4) is 0 Å². The quantitative estimate of drug-likeness (QED) is 0.544. The lowest BCUT2D eigenvalue weighted by atomic mass is 10.1. The number of amides is 3. The van der Waals surface area contributed by atoms with Gasteiger partial charge in [0.2, 0.25) is 11.8 Å². The van der Waals surface area contributed by atoms with Crippen molar-refractivity contribution in [1.82, 2.24) is 14.8 Å². The number of halogens is 2. The van der Waals surface area contributed by atoms with Crippen molar-refractivity contribution in [3.8, 4) is 5.75 Å². The zero-order valence-corrected chi connectivity index (χ0v) is 19.7. The summed E-state index contributed by atoms with van der Waals surface area (Å²) < 4.78 is 20.8. The van der Waals surface area contributed by atoms with Crippen molar-refractivity contribution in [1.29, 1.82) is 0 Å². The Morgan fingerprint density at radius 3 is 2.74 bits per heavy atom. The molecular formula is C25H24ClFN4O4. The molecule has 35 heavy (non-hydrogen) atoms. The minimum absolute atomic E-state index is 0.000130. The van der Waals surface area contributed by atoms with Gasteiger partial charge in [-0.25, -0.2) is 9.18 Å². The summed E-state index contributed by atoms with van der Waals surface area (Å²) in [5, 5.41) is 3.42. The number of primary amides is 1. The van der Waals surface area contributed by atoms with Gasteiger partial charge in [0.25, 0.3) is 0 Å². The minimum Gasteiger partial charge on any atom is -0.497 e. The van der Waals surface area contributed by atoms with E-state index in [0.717, 1.165) is 6.42 Å². The van der Waals surface area contributed by atoms with Gasteiger partial charge < -0.3 is 20.7 Å². The van der Waals surface area contributed by atoms with Gasteiger partial charge >= 0.3 is 6.03 Å². The van der Waals surface area contributed by atoms with Crippen LogP contribution in [-0.2, 0) is 22.6 Å². The first-order valence-corrected chi connectivity index (χ1v) is 11.7. The molecule has 0 bridgehead atoms. The fourth-order valence-corrected chi connectivity index (χ4v) is 5.21. The smallest absolute Gasteiger partial charge is 0.323 e. The molecule has 3 unspecified atom stereocenters. The van der Waals surface area contributed by atoms with Gasteiger partial charge in [0, 0.05) is 29.7 Å². The molecule has 2 heterocycles. The zero-order chi connectivity index (χ0) is 24.9. The summed E-state index contributed by atoms with van der Waals surface area (Å²) in [4.78, 5) is 40.0. The summed E-state index contributed by atoms with van der Waals surface area (Å²) in [6.07, 6.45) is 2.98. The number of carbonyl (C=O) groups is 3. The Labute approximate surface area is 205 Å². The first-order chi connectivity index (χ1) is 16.8. The number of piperidine rings is 1. The van der Waals surface area contributed by atoms with Crippen molar-refractivity contribution in [3.05, 3.63) is 64.6 Å². The van der Waals surface area contributed by atoms with Crippen molar-refractivity contribution in [2.24, 2.45) is 11.7 Å². The normalized spacial score (nSPS) is 20.5. The molecule has 0 radical (unpaired) electrons. The van der Waals surface area contributed by atoms with E-state index in [1.165, 1.54) is 17.7 Å². The average Bonchev–Trinajstić information content (AvgIpc) is 3.35. The highest BCUT2D eigenvalue weighted by Gasteiger charge is 2.55. The number of likely N-dealkylation sites (tertiary alicyclic amines) is 1. The maximum Gasteiger partial charge on any atom is 0.323 e. The van der Waals surface area contributed by atoms with Gasteiger partial charge in [0.1, 0.15) is 17.6 Å². The summed E-state index contributed by atoms with van der Waals surface area (Å²) in [6, 6.07) is 8.52. The largest absolute Gasteiger partial charge is 0.497 e. The van der Waals surface area contributed by atoms with Gasteiger partial charge in [0.15, 0.2) is 0 Å². The van der Waals surface area contributed by atoms with Crippen LogP contribution in [0.15, 0.2) is 42.6 Å². The van der Waals surface area contributed by atoms with Crippen molar-refractivity contribution >= 4 is 40.3 Å². The number of nitrogens with two attached hydrogens (primary N) is 1. The molecule has 1 saturated heterocycles. The van der Waals surface area contributed by atoms with Gasteiger partial charge in [0.05, 0.1) is 24.1 Å². The van der Waals surface area contributed by atoms with Crippen molar-refractivity contribution < 1.29 is 23.5 Å². The Morgan fingerprint density at radius 2 is 2.00 bits per heavy atom. The maximum absolute atomic E-state index is 14.2. The number of aromatic nitrogens is 1. The molecule has 1 aliphatic carbocycles. The van der Waals surface area contributed by atoms with Crippen LogP contribution in [0.4, 0.5) is 9.18 Å². The molecule has 1 aliphatic heterocycles. The maximum atomic E-state index is 14.2. The van der Waals surface area contributed by atoms with Crippen LogP contribution in [0.5, 0.6) is 5.75 Å². The second-order valence-electron chi connectivity index (χ2n) is 8.97. The topological polar surface area (TPSA) is 107 Å². The summed E-state index contributed by atoms with van der Waals surface area (Å²) in [7, 11) is 1.53. The van der Waals surface area contributed by atoms with E-state index in [0.29, 0.717) is 28.6 Å². The molecule has 3 N–H and O–H groups in total. The highest BCUT2D eigenvalue weighted by molar-refractivity contribution is 6.30. The summed E-state index contributed by atoms with van der Waals surface area (Å²) in [5.41, 5.74) is 6.99. The number of carbonyl (C=O) groups excluding carboxylic acids is 3. The van der Waals surface area contributed by atoms with Crippen LogP contribution >= 0.6 is 11.6 Å². The van der Waals surface area contributed by atoms with E-state index in [4.69, 9.17) is 22.1 Å². The molecule has 5 rings (SSSR count). The molecule has 10 heteroatoms. The van der Waals surface area contributed by atoms with E-state index in [1.807, 2.05) is 0 Å². The number of fused-ring (bicyclic) bond motifs is 2. The Hall–Kier alpha value is -3.59. The van der Waals surface area contributed by atoms with E-state index in [-0.39, 0.29) is 47.3 Å². The Bertz CT molecular complexity index is 1360. The molecule has 2 fully saturated rings. The molecule has 1 aromatic heterocycles. The van der Waals surface area contributed by atoms with E-state index < -0.39 is 17.9 Å². The highest BCUT2D eigenvalue weighted by atomic mass is 35.5. The number of rotatable bonds is 6. The summed E-state index contributed by atoms with van der Waals surface area (Å²) in [5.74, 6) is -0.244. The molecule has 3 amide bonds. The standard InChI is InChI=1S/C25H24ClFN4O4/c1-35-16-5-6-19-17(10-16)15(12-30(19)25(28)34)9-22(32)31-20-7-14(20)8-21(31)24(33)29-11-13-3-2-4-18(26)23(13)27/h2-6,10,12,14,20-21H,7-9,11H2,1H3,(H2,28,34)(H,29,33). The fourth-order valence-electron chi connectivity index (χ4n) is 5.02. The van der Waals surface area contributed by atoms with E-state index in [2.05, 4.69) is 5.32 Å². The van der Waals surface area contributed by atoms with Crippen LogP contribution in [0, 0.1) is 11.7 Å². The third-order valence-electron chi connectivity index (χ3n) is 6.85. The van der Waals surface area contributed by atoms with E-state index in [9.17, 15) is 18.8 Å². The molecule has 1 saturated carbocycles. The van der Waals surface area contributed by atoms with Gasteiger partial charge in [-0.05, 0) is 48.6 Å². The Morgan fingerprint density at radius 1 is 1.20 bits per heavy atom. The van der Waals surface area contributed by atoms with Gasteiger partial charge in [-0.2, -0.15) is 0 Å².